The Hall–Kier alpha value is -3.97. The lowest BCUT2D eigenvalue weighted by atomic mass is 9.87. The van der Waals surface area contributed by atoms with Gasteiger partial charge in [-0.25, -0.2) is 4.79 Å². The predicted octanol–water partition coefficient (Wildman–Crippen LogP) is 4.63. The smallest absolute Gasteiger partial charge is 0.322 e. The summed E-state index contributed by atoms with van der Waals surface area (Å²) in [5, 5.41) is 6.03. The number of carbonyl (C=O) groups is 4. The van der Waals surface area contributed by atoms with Crippen molar-refractivity contribution < 1.29 is 19.2 Å². The van der Waals surface area contributed by atoms with Gasteiger partial charge in [0.15, 0.2) is 5.78 Å². The molecule has 1 aliphatic heterocycles. The van der Waals surface area contributed by atoms with Crippen molar-refractivity contribution >= 4 is 40.9 Å². The van der Waals surface area contributed by atoms with Crippen molar-refractivity contribution in [1.29, 1.82) is 0 Å². The summed E-state index contributed by atoms with van der Waals surface area (Å²) >= 11 is 5.96. The van der Waals surface area contributed by atoms with Crippen molar-refractivity contribution in [2.75, 3.05) is 11.9 Å². The van der Waals surface area contributed by atoms with Gasteiger partial charge in [-0.15, -0.1) is 0 Å². The number of urea groups is 1. The van der Waals surface area contributed by atoms with Crippen LogP contribution in [-0.4, -0.2) is 35.1 Å². The average Bonchev–Trinajstić information content (AvgIpc) is 3.10. The van der Waals surface area contributed by atoms with Gasteiger partial charge in [-0.2, -0.15) is 0 Å². The van der Waals surface area contributed by atoms with E-state index in [9.17, 15) is 19.2 Å². The molecule has 4 rings (SSSR count). The molecule has 4 amide bonds. The number of hydrogen-bond acceptors (Lipinski definition) is 4. The number of ketones is 1. The lowest BCUT2D eigenvalue weighted by Gasteiger charge is -2.25. The first-order valence-corrected chi connectivity index (χ1v) is 11.1. The summed E-state index contributed by atoms with van der Waals surface area (Å²) < 4.78 is 0. The van der Waals surface area contributed by atoms with Crippen molar-refractivity contribution in [2.24, 2.45) is 0 Å². The Bertz CT molecular complexity index is 1240. The Morgan fingerprint density at radius 1 is 0.912 bits per heavy atom. The summed E-state index contributed by atoms with van der Waals surface area (Å²) in [6, 6.07) is 21.1. The van der Waals surface area contributed by atoms with Gasteiger partial charge in [0.1, 0.15) is 5.54 Å². The standard InChI is InChI=1S/C26H22ClN3O4/c1-2-26(19-10-12-20(27)13-11-19)24(33)30(25(34)29-26)16-22(31)17-8-14-21(15-9-17)28-23(32)18-6-4-3-5-7-18/h3-15H,2,16H2,1H3,(H,28,32)(H,29,34). The summed E-state index contributed by atoms with van der Waals surface area (Å²) in [5.41, 5.74) is 0.715. The fourth-order valence-electron chi connectivity index (χ4n) is 3.91. The normalized spacial score (nSPS) is 17.4. The third-order valence-electron chi connectivity index (χ3n) is 5.85. The maximum atomic E-state index is 13.2. The van der Waals surface area contributed by atoms with Gasteiger partial charge in [-0.3, -0.25) is 19.3 Å². The molecule has 0 aliphatic carbocycles. The van der Waals surface area contributed by atoms with Gasteiger partial charge in [0.25, 0.3) is 11.8 Å². The van der Waals surface area contributed by atoms with Gasteiger partial charge in [0, 0.05) is 21.8 Å². The Kier molecular flexibility index (Phi) is 6.47. The zero-order valence-corrected chi connectivity index (χ0v) is 19.1. The van der Waals surface area contributed by atoms with Crippen LogP contribution in [0.25, 0.3) is 0 Å². The van der Waals surface area contributed by atoms with Crippen LogP contribution < -0.4 is 10.6 Å². The number of halogens is 1. The SMILES string of the molecule is CCC1(c2ccc(Cl)cc2)NC(=O)N(CC(=O)c2ccc(NC(=O)c3ccccc3)cc2)C1=O. The quantitative estimate of drug-likeness (QED) is 0.384. The molecule has 0 spiro atoms. The van der Waals surface area contributed by atoms with Gasteiger partial charge < -0.3 is 10.6 Å². The predicted molar refractivity (Wildman–Crippen MR) is 129 cm³/mol. The second-order valence-electron chi connectivity index (χ2n) is 7.91. The molecule has 8 heteroatoms. The van der Waals surface area contributed by atoms with Crippen LogP contribution >= 0.6 is 11.6 Å². The highest BCUT2D eigenvalue weighted by molar-refractivity contribution is 6.30. The van der Waals surface area contributed by atoms with Crippen LogP contribution in [0.2, 0.25) is 5.02 Å². The maximum Gasteiger partial charge on any atom is 0.325 e. The number of Topliss-reactive ketones (excluding diaryl/α,β-unsaturated/α-hetero) is 1. The van der Waals surface area contributed by atoms with Crippen LogP contribution in [-0.2, 0) is 10.3 Å². The molecule has 0 aromatic heterocycles. The van der Waals surface area contributed by atoms with E-state index in [-0.39, 0.29) is 5.91 Å². The van der Waals surface area contributed by atoms with E-state index in [1.807, 2.05) is 6.07 Å². The summed E-state index contributed by atoms with van der Waals surface area (Å²) in [6.07, 6.45) is 0.319. The molecule has 7 nitrogen and oxygen atoms in total. The maximum absolute atomic E-state index is 13.2. The molecule has 0 radical (unpaired) electrons. The number of amides is 4. The molecule has 1 unspecified atom stereocenters. The van der Waals surface area contributed by atoms with Crippen LogP contribution in [0.1, 0.15) is 39.6 Å². The summed E-state index contributed by atoms with van der Waals surface area (Å²) in [7, 11) is 0. The van der Waals surface area contributed by atoms with Crippen LogP contribution in [0.3, 0.4) is 0 Å². The first kappa shape index (κ1) is 23.2. The van der Waals surface area contributed by atoms with Crippen LogP contribution in [0.5, 0.6) is 0 Å². The summed E-state index contributed by atoms with van der Waals surface area (Å²) in [5.74, 6) is -1.15. The Morgan fingerprint density at radius 3 is 2.18 bits per heavy atom. The lowest BCUT2D eigenvalue weighted by Crippen LogP contribution is -2.43. The summed E-state index contributed by atoms with van der Waals surface area (Å²) in [4.78, 5) is 52.0. The fraction of sp³-hybridized carbons (Fsp3) is 0.154. The minimum Gasteiger partial charge on any atom is -0.322 e. The van der Waals surface area contributed by atoms with Gasteiger partial charge in [0.05, 0.1) is 6.54 Å². The van der Waals surface area contributed by atoms with Crippen molar-refractivity contribution in [2.45, 2.75) is 18.9 Å². The van der Waals surface area contributed by atoms with E-state index in [0.717, 1.165) is 4.90 Å². The molecule has 0 bridgehead atoms. The zero-order chi connectivity index (χ0) is 24.3. The largest absolute Gasteiger partial charge is 0.325 e. The molecule has 1 atom stereocenters. The molecular formula is C26H22ClN3O4. The van der Waals surface area contributed by atoms with E-state index in [2.05, 4.69) is 10.6 Å². The number of rotatable bonds is 7. The van der Waals surface area contributed by atoms with Crippen LogP contribution in [0, 0.1) is 0 Å². The zero-order valence-electron chi connectivity index (χ0n) is 18.4. The average molecular weight is 476 g/mol. The van der Waals surface area contributed by atoms with Gasteiger partial charge >= 0.3 is 6.03 Å². The Balaban J connectivity index is 1.46. The van der Waals surface area contributed by atoms with Crippen LogP contribution in [0.4, 0.5) is 10.5 Å². The van der Waals surface area contributed by atoms with Gasteiger partial charge in [0.2, 0.25) is 0 Å². The second kappa shape index (κ2) is 9.49. The van der Waals surface area contributed by atoms with Crippen molar-refractivity contribution in [3.05, 3.63) is 101 Å². The van der Waals surface area contributed by atoms with E-state index in [1.54, 1.807) is 79.7 Å². The highest BCUT2D eigenvalue weighted by Gasteiger charge is 2.51. The molecular weight excluding hydrogens is 454 g/mol. The molecule has 172 valence electrons. The molecule has 3 aromatic carbocycles. The molecule has 1 aliphatic rings. The van der Waals surface area contributed by atoms with E-state index in [1.165, 1.54) is 0 Å². The van der Waals surface area contributed by atoms with Crippen molar-refractivity contribution in [3.8, 4) is 0 Å². The highest BCUT2D eigenvalue weighted by atomic mass is 35.5. The lowest BCUT2D eigenvalue weighted by molar-refractivity contribution is -0.131. The first-order chi connectivity index (χ1) is 16.3. The van der Waals surface area contributed by atoms with Gasteiger partial charge in [-0.1, -0.05) is 48.9 Å². The molecule has 0 saturated carbocycles. The minimum atomic E-state index is -1.24. The third kappa shape index (κ3) is 4.43. The number of carbonyl (C=O) groups excluding carboxylic acids is 4. The Labute approximate surface area is 201 Å². The first-order valence-electron chi connectivity index (χ1n) is 10.7. The van der Waals surface area contributed by atoms with E-state index >= 15 is 0 Å². The van der Waals surface area contributed by atoms with Gasteiger partial charge in [-0.05, 0) is 60.5 Å². The number of imide groups is 1. The van der Waals surface area contributed by atoms with E-state index < -0.39 is 29.8 Å². The van der Waals surface area contributed by atoms with Crippen molar-refractivity contribution in [3.63, 3.8) is 0 Å². The molecule has 1 saturated heterocycles. The number of nitrogens with zero attached hydrogens (tertiary/aromatic N) is 1. The third-order valence-corrected chi connectivity index (χ3v) is 6.10. The number of benzene rings is 3. The fourth-order valence-corrected chi connectivity index (χ4v) is 4.04. The monoisotopic (exact) mass is 475 g/mol. The molecule has 1 fully saturated rings. The molecule has 2 N–H and O–H groups in total. The molecule has 1 heterocycles. The van der Waals surface area contributed by atoms with E-state index in [0.29, 0.717) is 33.8 Å². The number of nitrogens with one attached hydrogen (secondary N) is 2. The highest BCUT2D eigenvalue weighted by Crippen LogP contribution is 2.33. The number of anilines is 1. The number of hydrogen-bond donors (Lipinski definition) is 2. The topological polar surface area (TPSA) is 95.6 Å². The Morgan fingerprint density at radius 2 is 1.56 bits per heavy atom. The minimum absolute atomic E-state index is 0.267. The van der Waals surface area contributed by atoms with Crippen LogP contribution in [0.15, 0.2) is 78.9 Å². The molecule has 3 aromatic rings. The molecule has 34 heavy (non-hydrogen) atoms. The second-order valence-corrected chi connectivity index (χ2v) is 8.34. The summed E-state index contributed by atoms with van der Waals surface area (Å²) in [6.45, 7) is 1.40. The van der Waals surface area contributed by atoms with E-state index in [4.69, 9.17) is 11.6 Å². The van der Waals surface area contributed by atoms with Crippen molar-refractivity contribution in [1.82, 2.24) is 10.2 Å².